The van der Waals surface area contributed by atoms with Crippen LogP contribution in [-0.2, 0) is 17.9 Å². The quantitative estimate of drug-likeness (QED) is 0.828. The Morgan fingerprint density at radius 2 is 1.86 bits per heavy atom. The summed E-state index contributed by atoms with van der Waals surface area (Å²) < 4.78 is 0. The molecule has 0 unspecified atom stereocenters. The van der Waals surface area contributed by atoms with Gasteiger partial charge in [-0.15, -0.1) is 0 Å². The highest BCUT2D eigenvalue weighted by molar-refractivity contribution is 5.99. The van der Waals surface area contributed by atoms with Gasteiger partial charge < -0.3 is 15.3 Å². The zero-order valence-corrected chi connectivity index (χ0v) is 17.1. The Hall–Kier alpha value is -2.66. The second-order valence-electron chi connectivity index (χ2n) is 8.33. The molecule has 1 fully saturated rings. The number of aliphatic hydroxyl groups is 1. The molecule has 1 heterocycles. The second-order valence-corrected chi connectivity index (χ2v) is 8.33. The summed E-state index contributed by atoms with van der Waals surface area (Å²) >= 11 is 0. The van der Waals surface area contributed by atoms with Crippen molar-refractivity contribution in [2.45, 2.75) is 58.7 Å². The third-order valence-electron chi connectivity index (χ3n) is 6.53. The number of carbonyl (C=O) groups excluding carboxylic acids is 2. The lowest BCUT2D eigenvalue weighted by atomic mass is 9.84. The van der Waals surface area contributed by atoms with E-state index in [1.165, 1.54) is 5.56 Å². The molecule has 2 amide bonds. The number of rotatable bonds is 4. The second kappa shape index (κ2) is 7.99. The SMILES string of the molecule is Cc1ccc(NC(=O)C2CCC(N3Cc4c(C)cccc4C3=O)CC2)cc1CO. The van der Waals surface area contributed by atoms with Crippen LogP contribution < -0.4 is 5.32 Å². The van der Waals surface area contributed by atoms with Gasteiger partial charge in [0.15, 0.2) is 0 Å². The van der Waals surface area contributed by atoms with E-state index in [4.69, 9.17) is 0 Å². The van der Waals surface area contributed by atoms with E-state index in [2.05, 4.69) is 18.3 Å². The van der Waals surface area contributed by atoms with Crippen molar-refractivity contribution < 1.29 is 14.7 Å². The Labute approximate surface area is 171 Å². The van der Waals surface area contributed by atoms with Crippen LogP contribution in [0.25, 0.3) is 0 Å². The van der Waals surface area contributed by atoms with E-state index < -0.39 is 0 Å². The number of aliphatic hydroxyl groups excluding tert-OH is 1. The highest BCUT2D eigenvalue weighted by Gasteiger charge is 2.36. The minimum Gasteiger partial charge on any atom is -0.392 e. The maximum Gasteiger partial charge on any atom is 0.254 e. The third-order valence-corrected chi connectivity index (χ3v) is 6.53. The normalized spacial score (nSPS) is 21.2. The first-order chi connectivity index (χ1) is 14.0. The van der Waals surface area contributed by atoms with Crippen molar-refractivity contribution in [1.82, 2.24) is 4.90 Å². The number of nitrogens with zero attached hydrogens (tertiary/aromatic N) is 1. The molecule has 0 atom stereocenters. The Morgan fingerprint density at radius 1 is 1.10 bits per heavy atom. The molecule has 4 rings (SSSR count). The highest BCUT2D eigenvalue weighted by Crippen LogP contribution is 2.34. The largest absolute Gasteiger partial charge is 0.392 e. The van der Waals surface area contributed by atoms with Gasteiger partial charge >= 0.3 is 0 Å². The molecule has 2 aromatic rings. The van der Waals surface area contributed by atoms with Crippen molar-refractivity contribution in [3.63, 3.8) is 0 Å². The Morgan fingerprint density at radius 3 is 2.55 bits per heavy atom. The topological polar surface area (TPSA) is 69.6 Å². The molecule has 29 heavy (non-hydrogen) atoms. The van der Waals surface area contributed by atoms with Gasteiger partial charge in [-0.2, -0.15) is 0 Å². The molecular weight excluding hydrogens is 364 g/mol. The lowest BCUT2D eigenvalue weighted by Crippen LogP contribution is -2.40. The lowest BCUT2D eigenvalue weighted by molar-refractivity contribution is -0.121. The predicted octanol–water partition coefficient (Wildman–Crippen LogP) is 3.95. The standard InChI is InChI=1S/C24H28N2O3/c1-15-6-9-19(12-18(15)14-27)25-23(28)17-7-10-20(11-8-17)26-13-22-16(2)4-3-5-21(22)24(26)29/h3-6,9,12,17,20,27H,7-8,10-11,13-14H2,1-2H3,(H,25,28). The Balaban J connectivity index is 1.36. The van der Waals surface area contributed by atoms with Gasteiger partial charge in [-0.05, 0) is 80.0 Å². The van der Waals surface area contributed by atoms with Crippen LogP contribution in [0.2, 0.25) is 0 Å². The van der Waals surface area contributed by atoms with Crippen LogP contribution in [0.3, 0.4) is 0 Å². The first-order valence-corrected chi connectivity index (χ1v) is 10.4. The van der Waals surface area contributed by atoms with Crippen LogP contribution in [0.1, 0.15) is 58.3 Å². The number of benzene rings is 2. The van der Waals surface area contributed by atoms with Crippen LogP contribution in [0.4, 0.5) is 5.69 Å². The number of amides is 2. The van der Waals surface area contributed by atoms with E-state index >= 15 is 0 Å². The van der Waals surface area contributed by atoms with Crippen molar-refractivity contribution >= 4 is 17.5 Å². The van der Waals surface area contributed by atoms with Crippen molar-refractivity contribution in [2.75, 3.05) is 5.32 Å². The minimum atomic E-state index is -0.0353. The smallest absolute Gasteiger partial charge is 0.254 e. The van der Waals surface area contributed by atoms with Crippen molar-refractivity contribution in [3.05, 3.63) is 64.2 Å². The summed E-state index contributed by atoms with van der Waals surface area (Å²) in [5.74, 6) is 0.128. The molecule has 0 radical (unpaired) electrons. The van der Waals surface area contributed by atoms with E-state index in [1.807, 2.05) is 42.2 Å². The van der Waals surface area contributed by atoms with Crippen LogP contribution >= 0.6 is 0 Å². The molecule has 0 saturated heterocycles. The average Bonchev–Trinajstić information content (AvgIpc) is 3.07. The third kappa shape index (κ3) is 3.79. The van der Waals surface area contributed by atoms with Gasteiger partial charge in [-0.1, -0.05) is 18.2 Å². The summed E-state index contributed by atoms with van der Waals surface area (Å²) in [4.78, 5) is 27.5. The average molecular weight is 392 g/mol. The fraction of sp³-hybridized carbons (Fsp3) is 0.417. The van der Waals surface area contributed by atoms with E-state index in [0.717, 1.165) is 53.6 Å². The maximum atomic E-state index is 12.8. The van der Waals surface area contributed by atoms with E-state index in [-0.39, 0.29) is 30.4 Å². The molecule has 1 aliphatic carbocycles. The van der Waals surface area contributed by atoms with E-state index in [9.17, 15) is 14.7 Å². The molecule has 0 bridgehead atoms. The van der Waals surface area contributed by atoms with Crippen molar-refractivity contribution in [2.24, 2.45) is 5.92 Å². The van der Waals surface area contributed by atoms with E-state index in [1.54, 1.807) is 0 Å². The lowest BCUT2D eigenvalue weighted by Gasteiger charge is -2.34. The Kier molecular flexibility index (Phi) is 5.41. The summed E-state index contributed by atoms with van der Waals surface area (Å²) in [6, 6.07) is 11.8. The molecule has 5 heteroatoms. The molecule has 0 spiro atoms. The summed E-state index contributed by atoms with van der Waals surface area (Å²) in [5, 5.41) is 12.4. The molecule has 0 aromatic heterocycles. The fourth-order valence-electron chi connectivity index (χ4n) is 4.62. The Bertz CT molecular complexity index is 945. The van der Waals surface area contributed by atoms with Crippen molar-refractivity contribution in [1.29, 1.82) is 0 Å². The van der Waals surface area contributed by atoms with Gasteiger partial charge in [-0.3, -0.25) is 9.59 Å². The van der Waals surface area contributed by atoms with Crippen LogP contribution in [-0.4, -0.2) is 27.9 Å². The maximum absolute atomic E-state index is 12.8. The van der Waals surface area contributed by atoms with Gasteiger partial charge in [0.05, 0.1) is 6.61 Å². The monoisotopic (exact) mass is 392 g/mol. The fourth-order valence-corrected chi connectivity index (χ4v) is 4.62. The summed E-state index contributed by atoms with van der Waals surface area (Å²) in [6.07, 6.45) is 3.28. The van der Waals surface area contributed by atoms with E-state index in [0.29, 0.717) is 6.54 Å². The van der Waals surface area contributed by atoms with Crippen molar-refractivity contribution in [3.8, 4) is 0 Å². The molecule has 2 N–H and O–H groups in total. The van der Waals surface area contributed by atoms with Gasteiger partial charge in [0.25, 0.3) is 5.91 Å². The zero-order chi connectivity index (χ0) is 20.5. The van der Waals surface area contributed by atoms with Crippen LogP contribution in [0, 0.1) is 19.8 Å². The summed E-state index contributed by atoms with van der Waals surface area (Å²) in [5.41, 5.74) is 5.73. The van der Waals surface area contributed by atoms with Gasteiger partial charge in [0.1, 0.15) is 0 Å². The van der Waals surface area contributed by atoms with Gasteiger partial charge in [-0.25, -0.2) is 0 Å². The summed E-state index contributed by atoms with van der Waals surface area (Å²) in [7, 11) is 0. The number of hydrogen-bond acceptors (Lipinski definition) is 3. The molecule has 2 aromatic carbocycles. The first kappa shape index (κ1) is 19.6. The molecule has 1 aliphatic heterocycles. The number of carbonyl (C=O) groups is 2. The highest BCUT2D eigenvalue weighted by atomic mass is 16.3. The van der Waals surface area contributed by atoms with Gasteiger partial charge in [0, 0.05) is 29.8 Å². The molecular formula is C24H28N2O3. The number of nitrogens with one attached hydrogen (secondary N) is 1. The molecule has 152 valence electrons. The number of hydrogen-bond donors (Lipinski definition) is 2. The molecule has 1 saturated carbocycles. The number of anilines is 1. The minimum absolute atomic E-state index is 0.0306. The van der Waals surface area contributed by atoms with Crippen LogP contribution in [0.15, 0.2) is 36.4 Å². The number of fused-ring (bicyclic) bond motifs is 1. The zero-order valence-electron chi connectivity index (χ0n) is 17.1. The van der Waals surface area contributed by atoms with Crippen LogP contribution in [0.5, 0.6) is 0 Å². The summed E-state index contributed by atoms with van der Waals surface area (Å²) in [6.45, 7) is 4.66. The predicted molar refractivity (Wildman–Crippen MR) is 113 cm³/mol. The first-order valence-electron chi connectivity index (χ1n) is 10.4. The van der Waals surface area contributed by atoms with Gasteiger partial charge in [0.2, 0.25) is 5.91 Å². The molecule has 5 nitrogen and oxygen atoms in total. The number of aryl methyl sites for hydroxylation is 2. The molecule has 2 aliphatic rings.